The van der Waals surface area contributed by atoms with E-state index < -0.39 is 0 Å². The summed E-state index contributed by atoms with van der Waals surface area (Å²) >= 11 is 0. The molecule has 1 unspecified atom stereocenters. The molecule has 3 aromatic rings. The van der Waals surface area contributed by atoms with E-state index in [1.165, 1.54) is 0 Å². The van der Waals surface area contributed by atoms with Crippen LogP contribution in [0.5, 0.6) is 5.88 Å². The van der Waals surface area contributed by atoms with Gasteiger partial charge in [-0.05, 0) is 40.9 Å². The summed E-state index contributed by atoms with van der Waals surface area (Å²) in [5.41, 5.74) is 2.44. The summed E-state index contributed by atoms with van der Waals surface area (Å²) < 4.78 is 6.83. The Morgan fingerprint density at radius 2 is 1.84 bits per heavy atom. The molecule has 8 nitrogen and oxygen atoms in total. The van der Waals surface area contributed by atoms with Crippen molar-refractivity contribution in [2.75, 3.05) is 27.7 Å². The standard InChI is InChI=1S/C23H28N6O2.ClH/c1-15-7-9-16(10-8-15)21-25-20(22(30)28-14-18(27(4)5)23(28,2)3)26-29(21)17-11-12-19(31-6)24-13-17;/h7-13,18H,14H2,1-6H3;1H. The van der Waals surface area contributed by atoms with Crippen molar-refractivity contribution in [3.63, 3.8) is 0 Å². The highest BCUT2D eigenvalue weighted by Crippen LogP contribution is 2.34. The number of amides is 1. The van der Waals surface area contributed by atoms with Crippen molar-refractivity contribution in [1.82, 2.24) is 29.5 Å². The fraction of sp³-hybridized carbons (Fsp3) is 0.391. The van der Waals surface area contributed by atoms with Gasteiger partial charge in [0.05, 0.1) is 24.5 Å². The minimum Gasteiger partial charge on any atom is -0.481 e. The Labute approximate surface area is 194 Å². The maximum Gasteiger partial charge on any atom is 0.294 e. The van der Waals surface area contributed by atoms with E-state index in [4.69, 9.17) is 4.74 Å². The third kappa shape index (κ3) is 4.08. The van der Waals surface area contributed by atoms with Gasteiger partial charge in [-0.15, -0.1) is 17.5 Å². The number of pyridine rings is 1. The number of likely N-dealkylation sites (tertiary alicyclic amines) is 1. The highest BCUT2D eigenvalue weighted by Gasteiger charge is 2.50. The van der Waals surface area contributed by atoms with E-state index in [1.54, 1.807) is 24.1 Å². The number of methoxy groups -OCH3 is 1. The first-order valence-electron chi connectivity index (χ1n) is 10.3. The molecule has 1 aliphatic rings. The molecule has 1 fully saturated rings. The van der Waals surface area contributed by atoms with Crippen molar-refractivity contribution in [3.05, 3.63) is 54.0 Å². The Morgan fingerprint density at radius 1 is 1.16 bits per heavy atom. The summed E-state index contributed by atoms with van der Waals surface area (Å²) in [5.74, 6) is 1.11. The number of carbonyl (C=O) groups is 1. The van der Waals surface area contributed by atoms with Crippen molar-refractivity contribution < 1.29 is 9.53 Å². The summed E-state index contributed by atoms with van der Waals surface area (Å²) in [6.45, 7) is 6.83. The molecule has 0 aliphatic carbocycles. The maximum atomic E-state index is 13.3. The van der Waals surface area contributed by atoms with Crippen LogP contribution >= 0.6 is 12.4 Å². The number of carbonyl (C=O) groups excluding carboxylic acids is 1. The molecule has 0 radical (unpaired) electrons. The number of hydrogen-bond donors (Lipinski definition) is 0. The first kappa shape index (κ1) is 23.7. The number of aromatic nitrogens is 4. The minimum absolute atomic E-state index is 0. The van der Waals surface area contributed by atoms with E-state index in [2.05, 4.69) is 33.8 Å². The van der Waals surface area contributed by atoms with Crippen LogP contribution in [0.2, 0.25) is 0 Å². The normalized spacial score (nSPS) is 17.0. The maximum absolute atomic E-state index is 13.3. The molecule has 4 rings (SSSR count). The predicted molar refractivity (Wildman–Crippen MR) is 126 cm³/mol. The third-order valence-corrected chi connectivity index (χ3v) is 6.02. The predicted octanol–water partition coefficient (Wildman–Crippen LogP) is 3.23. The summed E-state index contributed by atoms with van der Waals surface area (Å²) in [5, 5.41) is 4.59. The summed E-state index contributed by atoms with van der Waals surface area (Å²) in [6.07, 6.45) is 1.66. The number of likely N-dealkylation sites (N-methyl/N-ethyl adjacent to an activating group) is 1. The zero-order chi connectivity index (χ0) is 22.3. The molecule has 3 heterocycles. The lowest BCUT2D eigenvalue weighted by atomic mass is 9.82. The van der Waals surface area contributed by atoms with Crippen LogP contribution in [0.15, 0.2) is 42.6 Å². The monoisotopic (exact) mass is 456 g/mol. The van der Waals surface area contributed by atoms with E-state index in [9.17, 15) is 4.79 Å². The Morgan fingerprint density at radius 3 is 2.38 bits per heavy atom. The average Bonchev–Trinajstić information content (AvgIpc) is 3.18. The van der Waals surface area contributed by atoms with E-state index >= 15 is 0 Å². The lowest BCUT2D eigenvalue weighted by Crippen LogP contribution is -2.73. The van der Waals surface area contributed by atoms with Crippen molar-refractivity contribution in [3.8, 4) is 23.0 Å². The van der Waals surface area contributed by atoms with Crippen molar-refractivity contribution in [2.45, 2.75) is 32.4 Å². The summed E-state index contributed by atoms with van der Waals surface area (Å²) in [4.78, 5) is 26.2. The Kier molecular flexibility index (Phi) is 6.57. The van der Waals surface area contributed by atoms with Crippen LogP contribution < -0.4 is 4.74 Å². The fourth-order valence-corrected chi connectivity index (χ4v) is 4.05. The van der Waals surface area contributed by atoms with Crippen LogP contribution in [0.25, 0.3) is 17.1 Å². The summed E-state index contributed by atoms with van der Waals surface area (Å²) in [7, 11) is 5.64. The Bertz CT molecular complexity index is 1090. The van der Waals surface area contributed by atoms with E-state index in [0.717, 1.165) is 11.1 Å². The van der Waals surface area contributed by atoms with Crippen LogP contribution in [-0.4, -0.2) is 74.8 Å². The number of rotatable bonds is 5. The van der Waals surface area contributed by atoms with Gasteiger partial charge in [-0.1, -0.05) is 29.8 Å². The number of hydrogen-bond acceptors (Lipinski definition) is 6. The molecule has 0 bridgehead atoms. The zero-order valence-electron chi connectivity index (χ0n) is 19.2. The Hall–Kier alpha value is -2.97. The van der Waals surface area contributed by atoms with E-state index in [0.29, 0.717) is 30.0 Å². The molecule has 2 aromatic heterocycles. The second kappa shape index (κ2) is 8.88. The summed E-state index contributed by atoms with van der Waals surface area (Å²) in [6, 6.07) is 11.9. The topological polar surface area (TPSA) is 76.4 Å². The van der Waals surface area contributed by atoms with Crippen LogP contribution in [0.1, 0.15) is 30.0 Å². The van der Waals surface area contributed by atoms with Gasteiger partial charge >= 0.3 is 0 Å². The van der Waals surface area contributed by atoms with Gasteiger partial charge in [0, 0.05) is 24.2 Å². The number of benzene rings is 1. The van der Waals surface area contributed by atoms with Crippen molar-refractivity contribution >= 4 is 18.3 Å². The number of halogens is 1. The van der Waals surface area contributed by atoms with Gasteiger partial charge in [0.25, 0.3) is 5.91 Å². The van der Waals surface area contributed by atoms with Crippen molar-refractivity contribution in [2.24, 2.45) is 0 Å². The fourth-order valence-electron chi connectivity index (χ4n) is 4.05. The van der Waals surface area contributed by atoms with Gasteiger partial charge in [0.1, 0.15) is 0 Å². The molecule has 1 aliphatic heterocycles. The molecule has 1 saturated heterocycles. The molecule has 0 saturated carbocycles. The molecular weight excluding hydrogens is 428 g/mol. The molecule has 0 spiro atoms. The third-order valence-electron chi connectivity index (χ3n) is 6.02. The van der Waals surface area contributed by atoms with Gasteiger partial charge < -0.3 is 14.5 Å². The molecule has 1 aromatic carbocycles. The van der Waals surface area contributed by atoms with E-state index in [1.807, 2.05) is 56.3 Å². The molecule has 0 N–H and O–H groups in total. The SMILES string of the molecule is COc1ccc(-n2nc(C(=O)N3CC(N(C)C)C3(C)C)nc2-c2ccc(C)cc2)cn1.Cl. The van der Waals surface area contributed by atoms with Gasteiger partial charge in [-0.3, -0.25) is 4.79 Å². The van der Waals surface area contributed by atoms with Gasteiger partial charge in [0.15, 0.2) is 5.82 Å². The van der Waals surface area contributed by atoms with E-state index in [-0.39, 0.29) is 29.7 Å². The van der Waals surface area contributed by atoms with Gasteiger partial charge in [0.2, 0.25) is 11.7 Å². The van der Waals surface area contributed by atoms with Gasteiger partial charge in [-0.25, -0.2) is 14.6 Å². The van der Waals surface area contributed by atoms with Crippen LogP contribution in [0, 0.1) is 6.92 Å². The first-order chi connectivity index (χ1) is 14.7. The quantitative estimate of drug-likeness (QED) is 0.586. The molecule has 9 heteroatoms. The molecule has 1 amide bonds. The highest BCUT2D eigenvalue weighted by atomic mass is 35.5. The smallest absolute Gasteiger partial charge is 0.294 e. The number of aryl methyl sites for hydroxylation is 1. The van der Waals surface area contributed by atoms with Crippen molar-refractivity contribution in [1.29, 1.82) is 0 Å². The molecule has 1 atom stereocenters. The second-order valence-electron chi connectivity index (χ2n) is 8.64. The Balaban J connectivity index is 0.00000289. The zero-order valence-corrected chi connectivity index (χ0v) is 20.1. The molecule has 170 valence electrons. The second-order valence-corrected chi connectivity index (χ2v) is 8.64. The average molecular weight is 457 g/mol. The van der Waals surface area contributed by atoms with Crippen LogP contribution in [0.3, 0.4) is 0 Å². The first-order valence-corrected chi connectivity index (χ1v) is 10.3. The van der Waals surface area contributed by atoms with Gasteiger partial charge in [-0.2, -0.15) is 0 Å². The largest absolute Gasteiger partial charge is 0.481 e. The van der Waals surface area contributed by atoms with Crippen LogP contribution in [0.4, 0.5) is 0 Å². The van der Waals surface area contributed by atoms with Crippen LogP contribution in [-0.2, 0) is 0 Å². The number of ether oxygens (including phenoxy) is 1. The molecule has 32 heavy (non-hydrogen) atoms. The lowest BCUT2D eigenvalue weighted by Gasteiger charge is -2.57. The highest BCUT2D eigenvalue weighted by molar-refractivity contribution is 5.92. The molecular formula is C23H29ClN6O2. The minimum atomic E-state index is -0.294. The lowest BCUT2D eigenvalue weighted by molar-refractivity contribution is -0.0488. The number of nitrogens with zero attached hydrogens (tertiary/aromatic N) is 6.